The SMILES string of the molecule is COc1ccc2sc(N(Cc3cccnc3)C(=O)c3ccc(OC)c(OC)c3)nc2c1. The number of carbonyl (C=O) groups excluding carboxylic acids is 1. The molecule has 0 aliphatic carbocycles. The number of nitrogens with zero attached hydrogens (tertiary/aromatic N) is 3. The minimum atomic E-state index is -0.198. The lowest BCUT2D eigenvalue weighted by molar-refractivity contribution is 0.0984. The number of pyridine rings is 1. The van der Waals surface area contributed by atoms with Crippen molar-refractivity contribution in [1.29, 1.82) is 0 Å². The lowest BCUT2D eigenvalue weighted by Gasteiger charge is -2.20. The van der Waals surface area contributed by atoms with Gasteiger partial charge in [-0.2, -0.15) is 0 Å². The number of benzene rings is 2. The first-order chi connectivity index (χ1) is 15.1. The van der Waals surface area contributed by atoms with Gasteiger partial charge in [0.25, 0.3) is 5.91 Å². The first kappa shape index (κ1) is 20.6. The quantitative estimate of drug-likeness (QED) is 0.424. The van der Waals surface area contributed by atoms with Gasteiger partial charge in [0.15, 0.2) is 16.6 Å². The second-order valence-electron chi connectivity index (χ2n) is 6.65. The Morgan fingerprint density at radius 1 is 1.00 bits per heavy atom. The number of amides is 1. The smallest absolute Gasteiger partial charge is 0.260 e. The maximum absolute atomic E-state index is 13.6. The number of hydrogen-bond donors (Lipinski definition) is 0. The molecule has 0 aliphatic rings. The summed E-state index contributed by atoms with van der Waals surface area (Å²) in [6.45, 7) is 0.331. The molecule has 0 bridgehead atoms. The average Bonchev–Trinajstić information content (AvgIpc) is 3.25. The minimum Gasteiger partial charge on any atom is -0.497 e. The molecule has 0 saturated heterocycles. The molecule has 1 amide bonds. The van der Waals surface area contributed by atoms with E-state index in [0.29, 0.717) is 28.7 Å². The molecule has 31 heavy (non-hydrogen) atoms. The van der Waals surface area contributed by atoms with Gasteiger partial charge in [0.1, 0.15) is 5.75 Å². The van der Waals surface area contributed by atoms with E-state index in [2.05, 4.69) is 4.98 Å². The fourth-order valence-corrected chi connectivity index (χ4v) is 4.11. The van der Waals surface area contributed by atoms with Crippen LogP contribution in [0.4, 0.5) is 5.13 Å². The first-order valence-electron chi connectivity index (χ1n) is 9.50. The second kappa shape index (κ2) is 9.01. The summed E-state index contributed by atoms with van der Waals surface area (Å²) in [5.74, 6) is 1.57. The van der Waals surface area contributed by atoms with Gasteiger partial charge in [-0.3, -0.25) is 14.7 Å². The van der Waals surface area contributed by atoms with Crippen LogP contribution in [0.25, 0.3) is 10.2 Å². The zero-order chi connectivity index (χ0) is 21.8. The number of carbonyl (C=O) groups is 1. The van der Waals surface area contributed by atoms with Crippen molar-refractivity contribution in [3.8, 4) is 17.2 Å². The summed E-state index contributed by atoms with van der Waals surface area (Å²) in [6, 6.07) is 14.6. The van der Waals surface area contributed by atoms with Gasteiger partial charge in [0.2, 0.25) is 0 Å². The van der Waals surface area contributed by atoms with E-state index in [-0.39, 0.29) is 5.91 Å². The van der Waals surface area contributed by atoms with Gasteiger partial charge < -0.3 is 14.2 Å². The number of aromatic nitrogens is 2. The Kier molecular flexibility index (Phi) is 5.99. The Labute approximate surface area is 183 Å². The third-order valence-corrected chi connectivity index (χ3v) is 5.81. The summed E-state index contributed by atoms with van der Waals surface area (Å²) in [7, 11) is 4.72. The third kappa shape index (κ3) is 4.29. The standard InChI is InChI=1S/C23H21N3O4S/c1-28-17-7-9-21-18(12-17)25-23(31-21)26(14-15-5-4-10-24-13-15)22(27)16-6-8-19(29-2)20(11-16)30-3/h4-13H,14H2,1-3H3. The highest BCUT2D eigenvalue weighted by Gasteiger charge is 2.23. The van der Waals surface area contributed by atoms with Crippen molar-refractivity contribution in [1.82, 2.24) is 9.97 Å². The molecule has 158 valence electrons. The number of ether oxygens (including phenoxy) is 3. The lowest BCUT2D eigenvalue weighted by atomic mass is 10.1. The van der Waals surface area contributed by atoms with Crippen molar-refractivity contribution in [3.05, 3.63) is 72.1 Å². The molecule has 0 atom stereocenters. The number of hydrogen-bond acceptors (Lipinski definition) is 7. The molecule has 2 aromatic carbocycles. The highest BCUT2D eigenvalue weighted by atomic mass is 32.1. The fourth-order valence-electron chi connectivity index (χ4n) is 3.16. The highest BCUT2D eigenvalue weighted by molar-refractivity contribution is 7.22. The van der Waals surface area contributed by atoms with Gasteiger partial charge in [-0.15, -0.1) is 0 Å². The fraction of sp³-hybridized carbons (Fsp3) is 0.174. The van der Waals surface area contributed by atoms with Crippen molar-refractivity contribution in [2.75, 3.05) is 26.2 Å². The van der Waals surface area contributed by atoms with Crippen LogP contribution >= 0.6 is 11.3 Å². The van der Waals surface area contributed by atoms with Gasteiger partial charge in [-0.05, 0) is 42.0 Å². The largest absolute Gasteiger partial charge is 0.497 e. The normalized spacial score (nSPS) is 10.7. The maximum Gasteiger partial charge on any atom is 0.260 e. The molecule has 0 aliphatic heterocycles. The number of methoxy groups -OCH3 is 3. The van der Waals surface area contributed by atoms with Crippen molar-refractivity contribution in [3.63, 3.8) is 0 Å². The van der Waals surface area contributed by atoms with Crippen molar-refractivity contribution >= 4 is 32.6 Å². The van der Waals surface area contributed by atoms with Crippen LogP contribution in [0, 0.1) is 0 Å². The summed E-state index contributed by atoms with van der Waals surface area (Å²) < 4.78 is 16.9. The molecule has 0 radical (unpaired) electrons. The van der Waals surface area contributed by atoms with Crippen LogP contribution in [0.5, 0.6) is 17.2 Å². The predicted octanol–water partition coefficient (Wildman–Crippen LogP) is 4.56. The molecule has 0 unspecified atom stereocenters. The molecule has 7 nitrogen and oxygen atoms in total. The molecule has 0 N–H and O–H groups in total. The van der Waals surface area contributed by atoms with Crippen LogP contribution < -0.4 is 19.1 Å². The summed E-state index contributed by atoms with van der Waals surface area (Å²) in [5.41, 5.74) is 2.14. The molecular weight excluding hydrogens is 414 g/mol. The molecule has 4 rings (SSSR count). The zero-order valence-corrected chi connectivity index (χ0v) is 18.2. The Balaban J connectivity index is 1.76. The molecule has 2 heterocycles. The molecular formula is C23H21N3O4S. The molecule has 4 aromatic rings. The number of rotatable bonds is 7. The Bertz CT molecular complexity index is 1210. The first-order valence-corrected chi connectivity index (χ1v) is 10.3. The van der Waals surface area contributed by atoms with E-state index >= 15 is 0 Å². The van der Waals surface area contributed by atoms with E-state index in [1.165, 1.54) is 11.3 Å². The van der Waals surface area contributed by atoms with E-state index in [1.54, 1.807) is 56.8 Å². The monoisotopic (exact) mass is 435 g/mol. The topological polar surface area (TPSA) is 73.8 Å². The van der Waals surface area contributed by atoms with E-state index in [0.717, 1.165) is 21.5 Å². The van der Waals surface area contributed by atoms with Gasteiger partial charge in [0, 0.05) is 24.0 Å². The molecule has 0 fully saturated rings. The Morgan fingerprint density at radius 3 is 2.55 bits per heavy atom. The number of fused-ring (bicyclic) bond motifs is 1. The van der Waals surface area contributed by atoms with Gasteiger partial charge in [-0.1, -0.05) is 17.4 Å². The van der Waals surface area contributed by atoms with Crippen LogP contribution in [0.2, 0.25) is 0 Å². The lowest BCUT2D eigenvalue weighted by Crippen LogP contribution is -2.30. The molecule has 0 spiro atoms. The van der Waals surface area contributed by atoms with E-state index < -0.39 is 0 Å². The summed E-state index contributed by atoms with van der Waals surface area (Å²) in [4.78, 5) is 24.1. The highest BCUT2D eigenvalue weighted by Crippen LogP contribution is 2.34. The van der Waals surface area contributed by atoms with Crippen LogP contribution in [0.3, 0.4) is 0 Å². The average molecular weight is 436 g/mol. The number of thiazole rings is 1. The second-order valence-corrected chi connectivity index (χ2v) is 7.66. The predicted molar refractivity (Wildman–Crippen MR) is 120 cm³/mol. The Hall–Kier alpha value is -3.65. The van der Waals surface area contributed by atoms with Crippen LogP contribution in [0.15, 0.2) is 60.9 Å². The molecule has 0 saturated carbocycles. The van der Waals surface area contributed by atoms with Gasteiger partial charge in [0.05, 0.1) is 38.1 Å². The van der Waals surface area contributed by atoms with Crippen molar-refractivity contribution < 1.29 is 19.0 Å². The maximum atomic E-state index is 13.6. The third-order valence-electron chi connectivity index (χ3n) is 4.75. The summed E-state index contributed by atoms with van der Waals surface area (Å²) in [6.07, 6.45) is 3.44. The summed E-state index contributed by atoms with van der Waals surface area (Å²) >= 11 is 1.45. The zero-order valence-electron chi connectivity index (χ0n) is 17.4. The van der Waals surface area contributed by atoms with Gasteiger partial charge >= 0.3 is 0 Å². The minimum absolute atomic E-state index is 0.198. The Morgan fingerprint density at radius 2 is 1.84 bits per heavy atom. The van der Waals surface area contributed by atoms with Crippen molar-refractivity contribution in [2.24, 2.45) is 0 Å². The van der Waals surface area contributed by atoms with Gasteiger partial charge in [-0.25, -0.2) is 4.98 Å². The van der Waals surface area contributed by atoms with Crippen LogP contribution in [0.1, 0.15) is 15.9 Å². The van der Waals surface area contributed by atoms with Crippen molar-refractivity contribution in [2.45, 2.75) is 6.54 Å². The molecule has 2 aromatic heterocycles. The number of anilines is 1. The van der Waals surface area contributed by atoms with E-state index in [1.807, 2.05) is 30.3 Å². The summed E-state index contributed by atoms with van der Waals surface area (Å²) in [5, 5.41) is 0.590. The van der Waals surface area contributed by atoms with E-state index in [4.69, 9.17) is 19.2 Å². The van der Waals surface area contributed by atoms with Crippen LogP contribution in [-0.2, 0) is 6.54 Å². The van der Waals surface area contributed by atoms with E-state index in [9.17, 15) is 4.79 Å². The molecule has 8 heteroatoms. The van der Waals surface area contributed by atoms with Crippen LogP contribution in [-0.4, -0.2) is 37.2 Å².